The monoisotopic (exact) mass is 478 g/mol. The maximum absolute atomic E-state index is 13.7. The molecule has 1 amide bonds. The van der Waals surface area contributed by atoms with E-state index in [9.17, 15) is 13.6 Å². The summed E-state index contributed by atoms with van der Waals surface area (Å²) < 4.78 is 27.1. The molecule has 1 aliphatic carbocycles. The second kappa shape index (κ2) is 9.10. The van der Waals surface area contributed by atoms with Crippen LogP contribution < -0.4 is 10.3 Å². The van der Waals surface area contributed by atoms with Crippen LogP contribution in [0, 0.1) is 24.5 Å². The average molecular weight is 479 g/mol. The fourth-order valence-electron chi connectivity index (χ4n) is 4.72. The topological polar surface area (TPSA) is 57.6 Å². The molecular formula is C26H24F2N4OS. The van der Waals surface area contributed by atoms with E-state index in [1.807, 2.05) is 11.9 Å². The van der Waals surface area contributed by atoms with Gasteiger partial charge in [0, 0.05) is 13.0 Å². The second-order valence-electron chi connectivity index (χ2n) is 8.54. The minimum atomic E-state index is -0.290. The van der Waals surface area contributed by atoms with E-state index < -0.39 is 0 Å². The molecule has 2 heterocycles. The van der Waals surface area contributed by atoms with Gasteiger partial charge in [-0.2, -0.15) is 5.10 Å². The molecule has 2 aromatic carbocycles. The summed E-state index contributed by atoms with van der Waals surface area (Å²) in [5.41, 5.74) is 4.59. The highest BCUT2D eigenvalue weighted by Crippen LogP contribution is 2.47. The molecule has 1 aromatic heterocycles. The third-order valence-electron chi connectivity index (χ3n) is 6.34. The number of carbonyl (C=O) groups excluding carboxylic acids is 1. The average Bonchev–Trinajstić information content (AvgIpc) is 3.42. The minimum Gasteiger partial charge on any atom is -0.354 e. The molecule has 1 fully saturated rings. The van der Waals surface area contributed by atoms with E-state index in [1.54, 1.807) is 31.3 Å². The number of aryl methyl sites for hydroxylation is 1. The Morgan fingerprint density at radius 2 is 1.79 bits per heavy atom. The fraction of sp³-hybridized carbons (Fsp3) is 0.269. The first-order valence-electron chi connectivity index (χ1n) is 11.2. The number of hydrogen-bond donors (Lipinski definition) is 1. The number of aromatic nitrogens is 1. The summed E-state index contributed by atoms with van der Waals surface area (Å²) >= 11 is 1.30. The van der Waals surface area contributed by atoms with E-state index in [0.717, 1.165) is 41.7 Å². The van der Waals surface area contributed by atoms with Crippen molar-refractivity contribution in [3.8, 4) is 0 Å². The Morgan fingerprint density at radius 1 is 1.12 bits per heavy atom. The van der Waals surface area contributed by atoms with Crippen LogP contribution in [-0.2, 0) is 0 Å². The quantitative estimate of drug-likeness (QED) is 0.509. The number of allylic oxidation sites excluding steroid dienone is 1. The molecule has 1 N–H and O–H groups in total. The van der Waals surface area contributed by atoms with Crippen molar-refractivity contribution in [2.75, 3.05) is 12.1 Å². The van der Waals surface area contributed by atoms with Crippen molar-refractivity contribution in [3.63, 3.8) is 0 Å². The van der Waals surface area contributed by atoms with Crippen molar-refractivity contribution >= 4 is 34.2 Å². The summed E-state index contributed by atoms with van der Waals surface area (Å²) in [6, 6.07) is 12.8. The van der Waals surface area contributed by atoms with E-state index in [1.165, 1.54) is 35.6 Å². The number of carbonyl (C=O) groups is 1. The number of nitrogens with zero attached hydrogens (tertiary/aromatic N) is 3. The van der Waals surface area contributed by atoms with E-state index in [-0.39, 0.29) is 29.5 Å². The van der Waals surface area contributed by atoms with Gasteiger partial charge in [0.2, 0.25) is 5.13 Å². The first kappa shape index (κ1) is 22.4. The van der Waals surface area contributed by atoms with Gasteiger partial charge >= 0.3 is 0 Å². The summed E-state index contributed by atoms with van der Waals surface area (Å²) in [7, 11) is 1.60. The maximum atomic E-state index is 13.7. The standard InChI is InChI=1S/C26H24F2N4OS/c1-15-24(25(33)29-2)34-26(30-15)32-23(17-8-12-20(28)13-9-17)21-5-3-4-18(22(21)31-32)14-16-6-10-19(27)11-7-16/h6-14,21,23H,3-5H2,1-2H3,(H,29,33)/b18-14-. The first-order chi connectivity index (χ1) is 16.4. The lowest BCUT2D eigenvalue weighted by molar-refractivity contribution is 0.0966. The SMILES string of the molecule is CNC(=O)c1sc(N2N=C3/C(=C\c4ccc(F)cc4)CCCC3C2c2ccc(F)cc2)nc1C. The molecule has 0 radical (unpaired) electrons. The van der Waals surface area contributed by atoms with E-state index in [4.69, 9.17) is 5.10 Å². The van der Waals surface area contributed by atoms with Crippen LogP contribution >= 0.6 is 11.3 Å². The first-order valence-corrected chi connectivity index (χ1v) is 12.1. The lowest BCUT2D eigenvalue weighted by Gasteiger charge is -2.29. The van der Waals surface area contributed by atoms with Gasteiger partial charge in [-0.05, 0) is 73.2 Å². The van der Waals surface area contributed by atoms with E-state index >= 15 is 0 Å². The number of amides is 1. The van der Waals surface area contributed by atoms with Gasteiger partial charge in [0.1, 0.15) is 16.5 Å². The molecule has 0 saturated heterocycles. The summed E-state index contributed by atoms with van der Waals surface area (Å²) in [5.74, 6) is -0.642. The Morgan fingerprint density at radius 3 is 2.47 bits per heavy atom. The second-order valence-corrected chi connectivity index (χ2v) is 9.51. The Labute approximate surface area is 200 Å². The number of hydrazone groups is 1. The van der Waals surface area contributed by atoms with Gasteiger partial charge in [-0.1, -0.05) is 35.6 Å². The third-order valence-corrected chi connectivity index (χ3v) is 7.48. The number of thiazole rings is 1. The van der Waals surface area contributed by atoms with Crippen molar-refractivity contribution in [1.29, 1.82) is 0 Å². The summed E-state index contributed by atoms with van der Waals surface area (Å²) in [6.45, 7) is 1.81. The molecule has 0 spiro atoms. The smallest absolute Gasteiger partial charge is 0.263 e. The van der Waals surface area contributed by atoms with Gasteiger partial charge in [-0.15, -0.1) is 0 Å². The zero-order chi connectivity index (χ0) is 23.8. The zero-order valence-electron chi connectivity index (χ0n) is 18.9. The van der Waals surface area contributed by atoms with Crippen molar-refractivity contribution in [2.24, 2.45) is 11.0 Å². The van der Waals surface area contributed by atoms with Crippen LogP contribution in [0.3, 0.4) is 0 Å². The number of anilines is 1. The van der Waals surface area contributed by atoms with E-state index in [0.29, 0.717) is 15.7 Å². The Kier molecular flexibility index (Phi) is 6.00. The Bertz CT molecular complexity index is 1280. The number of fused-ring (bicyclic) bond motifs is 1. The summed E-state index contributed by atoms with van der Waals surface area (Å²) in [5, 5.41) is 10.2. The molecule has 34 heavy (non-hydrogen) atoms. The van der Waals surface area contributed by atoms with Gasteiger partial charge < -0.3 is 5.32 Å². The number of halogens is 2. The van der Waals surface area contributed by atoms with Crippen LogP contribution in [0.25, 0.3) is 6.08 Å². The van der Waals surface area contributed by atoms with Crippen molar-refractivity contribution in [2.45, 2.75) is 32.2 Å². The largest absolute Gasteiger partial charge is 0.354 e. The molecule has 174 valence electrons. The van der Waals surface area contributed by atoms with Gasteiger partial charge in [-0.3, -0.25) is 4.79 Å². The van der Waals surface area contributed by atoms with Gasteiger partial charge in [-0.25, -0.2) is 18.8 Å². The molecule has 2 aliphatic rings. The van der Waals surface area contributed by atoms with Crippen LogP contribution in [0.15, 0.2) is 59.2 Å². The lowest BCUT2D eigenvalue weighted by Crippen LogP contribution is -2.28. The molecule has 3 aromatic rings. The highest BCUT2D eigenvalue weighted by atomic mass is 32.1. The van der Waals surface area contributed by atoms with Crippen molar-refractivity contribution in [1.82, 2.24) is 10.3 Å². The van der Waals surface area contributed by atoms with Gasteiger partial charge in [0.25, 0.3) is 5.91 Å². The highest BCUT2D eigenvalue weighted by Gasteiger charge is 2.43. The molecule has 8 heteroatoms. The van der Waals surface area contributed by atoms with Gasteiger partial charge in [0.05, 0.1) is 17.4 Å². The van der Waals surface area contributed by atoms with Crippen LogP contribution in [0.5, 0.6) is 0 Å². The molecule has 5 nitrogen and oxygen atoms in total. The van der Waals surface area contributed by atoms with Crippen molar-refractivity contribution < 1.29 is 13.6 Å². The summed E-state index contributed by atoms with van der Waals surface area (Å²) in [6.07, 6.45) is 4.86. The van der Waals surface area contributed by atoms with E-state index in [2.05, 4.69) is 16.4 Å². The van der Waals surface area contributed by atoms with Gasteiger partial charge in [0.15, 0.2) is 0 Å². The third kappa shape index (κ3) is 4.14. The summed E-state index contributed by atoms with van der Waals surface area (Å²) in [4.78, 5) is 17.5. The fourth-order valence-corrected chi connectivity index (χ4v) is 5.72. The maximum Gasteiger partial charge on any atom is 0.263 e. The predicted molar refractivity (Wildman–Crippen MR) is 131 cm³/mol. The Balaban J connectivity index is 1.60. The lowest BCUT2D eigenvalue weighted by atomic mass is 9.77. The minimum absolute atomic E-state index is 0.0959. The molecule has 5 rings (SSSR count). The van der Waals surface area contributed by atoms with Crippen molar-refractivity contribution in [3.05, 3.63) is 87.4 Å². The predicted octanol–water partition coefficient (Wildman–Crippen LogP) is 5.89. The van der Waals surface area contributed by atoms with Crippen LogP contribution in [-0.4, -0.2) is 23.7 Å². The molecule has 2 atom stereocenters. The normalized spacial score (nSPS) is 20.9. The number of nitrogens with one attached hydrogen (secondary N) is 1. The van der Waals surface area contributed by atoms with Crippen LogP contribution in [0.4, 0.5) is 13.9 Å². The van der Waals surface area contributed by atoms with Crippen LogP contribution in [0.2, 0.25) is 0 Å². The zero-order valence-corrected chi connectivity index (χ0v) is 19.7. The molecule has 1 saturated carbocycles. The molecular weight excluding hydrogens is 454 g/mol. The number of rotatable bonds is 4. The molecule has 1 aliphatic heterocycles. The number of hydrogen-bond acceptors (Lipinski definition) is 5. The highest BCUT2D eigenvalue weighted by molar-refractivity contribution is 7.17. The Hall–Kier alpha value is -3.39. The van der Waals surface area contributed by atoms with Crippen LogP contribution in [0.1, 0.15) is 51.8 Å². The molecule has 0 bridgehead atoms. The molecule has 2 unspecified atom stereocenters. The number of benzene rings is 2.